The van der Waals surface area contributed by atoms with Crippen LogP contribution in [0.3, 0.4) is 0 Å². The zero-order chi connectivity index (χ0) is 28.5. The lowest BCUT2D eigenvalue weighted by Gasteiger charge is -2.17. The van der Waals surface area contributed by atoms with Crippen molar-refractivity contribution in [3.63, 3.8) is 0 Å². The molecule has 39 heavy (non-hydrogen) atoms. The lowest BCUT2D eigenvalue weighted by Crippen LogP contribution is -2.22. The van der Waals surface area contributed by atoms with Gasteiger partial charge in [0, 0.05) is 11.6 Å². The molecule has 0 bridgehead atoms. The maximum Gasteiger partial charge on any atom is 0.405 e. The predicted octanol–water partition coefficient (Wildman–Crippen LogP) is 4.77. The van der Waals surface area contributed by atoms with Crippen molar-refractivity contribution in [3.05, 3.63) is 65.7 Å². The second-order valence-corrected chi connectivity index (χ2v) is 9.94. The van der Waals surface area contributed by atoms with Crippen LogP contribution in [0.25, 0.3) is 22.3 Å². The summed E-state index contributed by atoms with van der Waals surface area (Å²) in [4.78, 5) is 12.5. The van der Waals surface area contributed by atoms with Crippen LogP contribution in [0.4, 0.5) is 33.7 Å². The number of hydrogen-bond donors (Lipinski definition) is 3. The van der Waals surface area contributed by atoms with Crippen LogP contribution in [-0.2, 0) is 10.0 Å². The summed E-state index contributed by atoms with van der Waals surface area (Å²) in [6.45, 7) is 0.131. The first-order valence-electron chi connectivity index (χ1n) is 11.2. The second kappa shape index (κ2) is 10.6. The molecular weight excluding hydrogens is 547 g/mol. The van der Waals surface area contributed by atoms with Crippen LogP contribution >= 0.6 is 0 Å². The zero-order valence-corrected chi connectivity index (χ0v) is 21.2. The van der Waals surface area contributed by atoms with Gasteiger partial charge in [0.2, 0.25) is 16.0 Å². The number of alkyl halides is 3. The SMILES string of the molecule is COc1ccc(-c2ccc3nc(NC(C)c4cc(F)cc(F)c4)nc(NCC(F)(F)F)c3n2)cc1S(N)(=O)=O. The average molecular weight is 569 g/mol. The lowest BCUT2D eigenvalue weighted by atomic mass is 10.1. The third-order valence-electron chi connectivity index (χ3n) is 5.49. The maximum atomic E-state index is 13.7. The van der Waals surface area contributed by atoms with Crippen molar-refractivity contribution in [2.24, 2.45) is 5.14 Å². The van der Waals surface area contributed by atoms with E-state index in [1.165, 1.54) is 37.4 Å². The summed E-state index contributed by atoms with van der Waals surface area (Å²) in [5, 5.41) is 10.3. The Hall–Kier alpha value is -4.11. The molecule has 0 saturated heterocycles. The van der Waals surface area contributed by atoms with E-state index in [1.807, 2.05) is 0 Å². The Labute approximate surface area is 219 Å². The van der Waals surface area contributed by atoms with Gasteiger partial charge in [0.25, 0.3) is 0 Å². The lowest BCUT2D eigenvalue weighted by molar-refractivity contribution is -0.115. The molecular formula is C24H21F5N6O3S. The monoisotopic (exact) mass is 568 g/mol. The van der Waals surface area contributed by atoms with Crippen LogP contribution in [0.15, 0.2) is 53.4 Å². The summed E-state index contributed by atoms with van der Waals surface area (Å²) in [5.41, 5.74) is 0.795. The quantitative estimate of drug-likeness (QED) is 0.259. The average Bonchev–Trinajstić information content (AvgIpc) is 2.85. The fourth-order valence-electron chi connectivity index (χ4n) is 3.71. The predicted molar refractivity (Wildman–Crippen MR) is 134 cm³/mol. The highest BCUT2D eigenvalue weighted by Crippen LogP contribution is 2.31. The minimum absolute atomic E-state index is 0.000852. The Bertz CT molecular complexity index is 1630. The number of sulfonamides is 1. The molecule has 0 fully saturated rings. The number of benzene rings is 2. The zero-order valence-electron chi connectivity index (χ0n) is 20.3. The van der Waals surface area contributed by atoms with E-state index in [4.69, 9.17) is 9.88 Å². The van der Waals surface area contributed by atoms with Crippen molar-refractivity contribution in [1.82, 2.24) is 15.0 Å². The number of primary sulfonamides is 1. The van der Waals surface area contributed by atoms with Gasteiger partial charge in [-0.3, -0.25) is 0 Å². The van der Waals surface area contributed by atoms with Crippen LogP contribution in [0.2, 0.25) is 0 Å². The molecule has 0 aliphatic heterocycles. The molecule has 1 atom stereocenters. The Balaban J connectivity index is 1.78. The molecule has 0 saturated carbocycles. The highest BCUT2D eigenvalue weighted by atomic mass is 32.2. The van der Waals surface area contributed by atoms with E-state index in [1.54, 1.807) is 6.92 Å². The molecule has 4 aromatic rings. The number of aromatic nitrogens is 3. The van der Waals surface area contributed by atoms with Crippen LogP contribution in [0, 0.1) is 11.6 Å². The summed E-state index contributed by atoms with van der Waals surface area (Å²) < 4.78 is 95.4. The number of hydrogen-bond acceptors (Lipinski definition) is 8. The van der Waals surface area contributed by atoms with Crippen molar-refractivity contribution >= 4 is 32.8 Å². The number of nitrogens with zero attached hydrogens (tertiary/aromatic N) is 3. The number of fused-ring (bicyclic) bond motifs is 1. The van der Waals surface area contributed by atoms with Gasteiger partial charge in [0.05, 0.1) is 24.4 Å². The Morgan fingerprint density at radius 1 is 1.00 bits per heavy atom. The molecule has 2 aromatic carbocycles. The van der Waals surface area contributed by atoms with E-state index in [-0.39, 0.29) is 50.3 Å². The standard InChI is InChI=1S/C24H21F5N6O3S/c1-12(14-7-15(25)10-16(26)8-14)32-23-34-18-5-4-17(33-21(18)22(35-23)31-11-24(27,28)29)13-3-6-19(38-2)20(9-13)39(30,36)37/h3-10,12H,11H2,1-2H3,(H2,30,36,37)(H2,31,32,34,35). The van der Waals surface area contributed by atoms with Gasteiger partial charge < -0.3 is 15.4 Å². The van der Waals surface area contributed by atoms with Crippen molar-refractivity contribution in [2.75, 3.05) is 24.3 Å². The van der Waals surface area contributed by atoms with E-state index < -0.39 is 40.4 Å². The third kappa shape index (κ3) is 6.67. The minimum atomic E-state index is -4.59. The van der Waals surface area contributed by atoms with E-state index in [9.17, 15) is 30.4 Å². The van der Waals surface area contributed by atoms with Gasteiger partial charge in [-0.2, -0.15) is 18.2 Å². The van der Waals surface area contributed by atoms with Crippen LogP contribution < -0.4 is 20.5 Å². The van der Waals surface area contributed by atoms with E-state index in [0.29, 0.717) is 6.07 Å². The van der Waals surface area contributed by atoms with Gasteiger partial charge in [-0.05, 0) is 55.0 Å². The number of ether oxygens (including phenoxy) is 1. The van der Waals surface area contributed by atoms with Crippen molar-refractivity contribution in [1.29, 1.82) is 0 Å². The molecule has 4 rings (SSSR count). The fraction of sp³-hybridized carbons (Fsp3) is 0.208. The van der Waals surface area contributed by atoms with E-state index >= 15 is 0 Å². The molecule has 1 unspecified atom stereocenters. The number of methoxy groups -OCH3 is 1. The summed E-state index contributed by atoms with van der Waals surface area (Å²) in [6.07, 6.45) is -4.59. The highest BCUT2D eigenvalue weighted by molar-refractivity contribution is 7.89. The molecule has 2 heterocycles. The first-order chi connectivity index (χ1) is 18.2. The van der Waals surface area contributed by atoms with Crippen LogP contribution in [0.5, 0.6) is 5.75 Å². The minimum Gasteiger partial charge on any atom is -0.495 e. The van der Waals surface area contributed by atoms with Gasteiger partial charge in [0.1, 0.15) is 34.3 Å². The van der Waals surface area contributed by atoms with Crippen molar-refractivity contribution < 1.29 is 35.1 Å². The molecule has 206 valence electrons. The van der Waals surface area contributed by atoms with Gasteiger partial charge >= 0.3 is 6.18 Å². The van der Waals surface area contributed by atoms with E-state index in [0.717, 1.165) is 12.1 Å². The number of halogens is 5. The first kappa shape index (κ1) is 27.9. The topological polar surface area (TPSA) is 132 Å². The molecule has 0 amide bonds. The Morgan fingerprint density at radius 3 is 2.31 bits per heavy atom. The molecule has 0 spiro atoms. The van der Waals surface area contributed by atoms with Crippen LogP contribution in [0.1, 0.15) is 18.5 Å². The first-order valence-corrected chi connectivity index (χ1v) is 12.7. The summed E-state index contributed by atoms with van der Waals surface area (Å²) >= 11 is 0. The molecule has 0 aliphatic carbocycles. The molecule has 9 nitrogen and oxygen atoms in total. The largest absolute Gasteiger partial charge is 0.495 e. The second-order valence-electron chi connectivity index (χ2n) is 8.41. The molecule has 4 N–H and O–H groups in total. The normalized spacial score (nSPS) is 12.8. The van der Waals surface area contributed by atoms with Gasteiger partial charge in [-0.1, -0.05) is 0 Å². The number of rotatable bonds is 8. The van der Waals surface area contributed by atoms with Gasteiger partial charge in [-0.15, -0.1) is 0 Å². The molecule has 2 aromatic heterocycles. The third-order valence-corrected chi connectivity index (χ3v) is 6.43. The summed E-state index contributed by atoms with van der Waals surface area (Å²) in [5.74, 6) is -2.00. The van der Waals surface area contributed by atoms with Crippen LogP contribution in [-0.4, -0.2) is 43.2 Å². The highest BCUT2D eigenvalue weighted by Gasteiger charge is 2.28. The Kier molecular flexibility index (Phi) is 7.57. The van der Waals surface area contributed by atoms with Gasteiger partial charge in [0.15, 0.2) is 5.82 Å². The molecule has 15 heteroatoms. The van der Waals surface area contributed by atoms with Crippen molar-refractivity contribution in [2.45, 2.75) is 24.0 Å². The summed E-state index contributed by atoms with van der Waals surface area (Å²) in [7, 11) is -2.90. The fourth-order valence-corrected chi connectivity index (χ4v) is 4.43. The maximum absolute atomic E-state index is 13.7. The smallest absolute Gasteiger partial charge is 0.405 e. The van der Waals surface area contributed by atoms with E-state index in [2.05, 4.69) is 25.6 Å². The number of anilines is 2. The number of pyridine rings is 1. The summed E-state index contributed by atoms with van der Waals surface area (Å²) in [6, 6.07) is 9.22. The number of nitrogens with two attached hydrogens (primary N) is 1. The molecule has 0 aliphatic rings. The number of nitrogens with one attached hydrogen (secondary N) is 2. The van der Waals surface area contributed by atoms with Crippen molar-refractivity contribution in [3.8, 4) is 17.0 Å². The Morgan fingerprint density at radius 2 is 1.69 bits per heavy atom. The van der Waals surface area contributed by atoms with Gasteiger partial charge in [-0.25, -0.2) is 32.3 Å². The molecule has 0 radical (unpaired) electrons.